The molecule has 1 fully saturated rings. The van der Waals surface area contributed by atoms with E-state index in [1.807, 2.05) is 6.07 Å². The zero-order chi connectivity index (χ0) is 12.1. The van der Waals surface area contributed by atoms with Crippen LogP contribution in [0.25, 0.3) is 0 Å². The summed E-state index contributed by atoms with van der Waals surface area (Å²) in [7, 11) is 0. The molecule has 2 nitrogen and oxygen atoms in total. The highest BCUT2D eigenvalue weighted by molar-refractivity contribution is 6.18. The van der Waals surface area contributed by atoms with Crippen molar-refractivity contribution in [1.29, 1.82) is 0 Å². The Balaban J connectivity index is 1.89. The van der Waals surface area contributed by atoms with Gasteiger partial charge in [-0.2, -0.15) is 0 Å². The average Bonchev–Trinajstić information content (AvgIpc) is 2.39. The molecule has 17 heavy (non-hydrogen) atoms. The summed E-state index contributed by atoms with van der Waals surface area (Å²) < 4.78 is 0. The van der Waals surface area contributed by atoms with E-state index >= 15 is 0 Å². The third-order valence-electron chi connectivity index (χ3n) is 3.49. The van der Waals surface area contributed by atoms with Crippen molar-refractivity contribution in [2.45, 2.75) is 25.5 Å². The van der Waals surface area contributed by atoms with Crippen LogP contribution in [-0.4, -0.2) is 35.1 Å². The standard InChI is InChI=1S/C14H20ClNO/c15-9-14(17)13-7-4-8-16(11-13)10-12-5-2-1-3-6-12/h1-3,5-6,13-14,17H,4,7-11H2. The van der Waals surface area contributed by atoms with Crippen LogP contribution in [0, 0.1) is 5.92 Å². The van der Waals surface area contributed by atoms with Crippen LogP contribution in [-0.2, 0) is 6.54 Å². The van der Waals surface area contributed by atoms with Gasteiger partial charge in [0.25, 0.3) is 0 Å². The van der Waals surface area contributed by atoms with E-state index in [9.17, 15) is 5.11 Å². The zero-order valence-electron chi connectivity index (χ0n) is 10.1. The van der Waals surface area contributed by atoms with Crippen molar-refractivity contribution in [3.8, 4) is 0 Å². The van der Waals surface area contributed by atoms with Gasteiger partial charge in [-0.05, 0) is 30.9 Å². The van der Waals surface area contributed by atoms with Gasteiger partial charge in [-0.1, -0.05) is 30.3 Å². The fourth-order valence-corrected chi connectivity index (χ4v) is 2.77. The minimum absolute atomic E-state index is 0.338. The molecular formula is C14H20ClNO. The fraction of sp³-hybridized carbons (Fsp3) is 0.571. The van der Waals surface area contributed by atoms with E-state index in [4.69, 9.17) is 11.6 Å². The predicted octanol–water partition coefficient (Wildman–Crippen LogP) is 2.50. The summed E-state index contributed by atoms with van der Waals surface area (Å²) in [6.45, 7) is 3.07. The molecule has 0 radical (unpaired) electrons. The topological polar surface area (TPSA) is 23.5 Å². The Bertz CT molecular complexity index is 330. The van der Waals surface area contributed by atoms with Gasteiger partial charge in [0.1, 0.15) is 0 Å². The number of piperidine rings is 1. The fourth-order valence-electron chi connectivity index (χ4n) is 2.52. The van der Waals surface area contributed by atoms with Crippen molar-refractivity contribution < 1.29 is 5.11 Å². The van der Waals surface area contributed by atoms with E-state index in [2.05, 4.69) is 29.2 Å². The van der Waals surface area contributed by atoms with Gasteiger partial charge in [0.2, 0.25) is 0 Å². The largest absolute Gasteiger partial charge is 0.392 e. The lowest BCUT2D eigenvalue weighted by Crippen LogP contribution is -2.40. The van der Waals surface area contributed by atoms with E-state index in [0.717, 1.165) is 32.5 Å². The maximum absolute atomic E-state index is 9.81. The second-order valence-corrected chi connectivity index (χ2v) is 5.15. The third kappa shape index (κ3) is 3.70. The van der Waals surface area contributed by atoms with Crippen LogP contribution in [0.1, 0.15) is 18.4 Å². The predicted molar refractivity (Wildman–Crippen MR) is 71.2 cm³/mol. The summed E-state index contributed by atoms with van der Waals surface area (Å²) in [5.74, 6) is 0.689. The Hall–Kier alpha value is -0.570. The Labute approximate surface area is 108 Å². The summed E-state index contributed by atoms with van der Waals surface area (Å²) in [6, 6.07) is 10.5. The van der Waals surface area contributed by atoms with E-state index < -0.39 is 0 Å². The number of alkyl halides is 1. The highest BCUT2D eigenvalue weighted by atomic mass is 35.5. The first-order valence-corrected chi connectivity index (χ1v) is 6.83. The quantitative estimate of drug-likeness (QED) is 0.834. The lowest BCUT2D eigenvalue weighted by molar-refractivity contribution is 0.0619. The Morgan fingerprint density at radius 3 is 2.82 bits per heavy atom. The van der Waals surface area contributed by atoms with Gasteiger partial charge in [0.05, 0.1) is 6.10 Å². The van der Waals surface area contributed by atoms with Crippen LogP contribution in [0.4, 0.5) is 0 Å². The molecule has 0 aliphatic carbocycles. The second kappa shape index (κ2) is 6.39. The lowest BCUT2D eigenvalue weighted by Gasteiger charge is -2.34. The van der Waals surface area contributed by atoms with Crippen molar-refractivity contribution >= 4 is 11.6 Å². The summed E-state index contributed by atoms with van der Waals surface area (Å²) in [6.07, 6.45) is 1.90. The van der Waals surface area contributed by atoms with Crippen molar-refractivity contribution in [3.63, 3.8) is 0 Å². The Morgan fingerprint density at radius 2 is 2.12 bits per heavy atom. The van der Waals surface area contributed by atoms with Gasteiger partial charge in [-0.25, -0.2) is 0 Å². The van der Waals surface area contributed by atoms with Gasteiger partial charge in [0, 0.05) is 19.0 Å². The third-order valence-corrected chi connectivity index (χ3v) is 3.81. The number of halogens is 1. The molecule has 2 unspecified atom stereocenters. The minimum atomic E-state index is -0.352. The normalized spacial score (nSPS) is 23.5. The van der Waals surface area contributed by atoms with E-state index in [-0.39, 0.29) is 6.10 Å². The number of aliphatic hydroxyl groups excluding tert-OH is 1. The summed E-state index contributed by atoms with van der Waals surface area (Å²) in [5.41, 5.74) is 1.34. The Kier molecular flexibility index (Phi) is 4.84. The molecule has 2 rings (SSSR count). The number of rotatable bonds is 4. The maximum Gasteiger partial charge on any atom is 0.0715 e. The molecule has 94 valence electrons. The van der Waals surface area contributed by atoms with Crippen LogP contribution in [0.5, 0.6) is 0 Å². The molecule has 0 bridgehead atoms. The molecule has 1 aliphatic rings. The highest BCUT2D eigenvalue weighted by Crippen LogP contribution is 2.22. The van der Waals surface area contributed by atoms with Gasteiger partial charge in [-0.15, -0.1) is 11.6 Å². The number of nitrogens with zero attached hydrogens (tertiary/aromatic N) is 1. The molecule has 0 spiro atoms. The molecule has 1 aromatic carbocycles. The van der Waals surface area contributed by atoms with Crippen LogP contribution >= 0.6 is 11.6 Å². The molecule has 3 heteroatoms. The van der Waals surface area contributed by atoms with E-state index in [1.54, 1.807) is 0 Å². The molecule has 0 saturated carbocycles. The van der Waals surface area contributed by atoms with Gasteiger partial charge in [0.15, 0.2) is 0 Å². The molecule has 1 aliphatic heterocycles. The molecular weight excluding hydrogens is 234 g/mol. The summed E-state index contributed by atoms with van der Waals surface area (Å²) in [5, 5.41) is 9.81. The van der Waals surface area contributed by atoms with Crippen molar-refractivity contribution in [1.82, 2.24) is 4.90 Å². The molecule has 1 heterocycles. The number of aliphatic hydroxyl groups is 1. The van der Waals surface area contributed by atoms with E-state index in [0.29, 0.717) is 11.8 Å². The van der Waals surface area contributed by atoms with Crippen molar-refractivity contribution in [3.05, 3.63) is 35.9 Å². The SMILES string of the molecule is OC(CCl)C1CCCN(Cc2ccccc2)C1. The highest BCUT2D eigenvalue weighted by Gasteiger charge is 2.25. The lowest BCUT2D eigenvalue weighted by atomic mass is 9.93. The molecule has 2 atom stereocenters. The number of hydrogen-bond acceptors (Lipinski definition) is 2. The second-order valence-electron chi connectivity index (χ2n) is 4.84. The molecule has 1 N–H and O–H groups in total. The maximum atomic E-state index is 9.81. The monoisotopic (exact) mass is 253 g/mol. The average molecular weight is 254 g/mol. The van der Waals surface area contributed by atoms with Gasteiger partial charge >= 0.3 is 0 Å². The van der Waals surface area contributed by atoms with Crippen LogP contribution in [0.3, 0.4) is 0 Å². The number of hydrogen-bond donors (Lipinski definition) is 1. The first-order valence-electron chi connectivity index (χ1n) is 6.30. The van der Waals surface area contributed by atoms with Crippen molar-refractivity contribution in [2.24, 2.45) is 5.92 Å². The molecule has 1 aromatic rings. The van der Waals surface area contributed by atoms with E-state index in [1.165, 1.54) is 5.56 Å². The van der Waals surface area contributed by atoms with Gasteiger partial charge in [-0.3, -0.25) is 4.90 Å². The van der Waals surface area contributed by atoms with Crippen LogP contribution in [0.15, 0.2) is 30.3 Å². The number of likely N-dealkylation sites (tertiary alicyclic amines) is 1. The molecule has 1 saturated heterocycles. The van der Waals surface area contributed by atoms with Crippen LogP contribution < -0.4 is 0 Å². The Morgan fingerprint density at radius 1 is 1.35 bits per heavy atom. The smallest absolute Gasteiger partial charge is 0.0715 e. The first-order chi connectivity index (χ1) is 8.29. The zero-order valence-corrected chi connectivity index (χ0v) is 10.8. The molecule has 0 aromatic heterocycles. The van der Waals surface area contributed by atoms with Crippen LogP contribution in [0.2, 0.25) is 0 Å². The number of benzene rings is 1. The minimum Gasteiger partial charge on any atom is -0.392 e. The van der Waals surface area contributed by atoms with Gasteiger partial charge < -0.3 is 5.11 Å². The first kappa shape index (κ1) is 12.9. The molecule has 0 amide bonds. The summed E-state index contributed by atoms with van der Waals surface area (Å²) >= 11 is 5.72. The van der Waals surface area contributed by atoms with Crippen molar-refractivity contribution in [2.75, 3.05) is 19.0 Å². The summed E-state index contributed by atoms with van der Waals surface area (Å²) in [4.78, 5) is 2.42.